The van der Waals surface area contributed by atoms with E-state index in [1.807, 2.05) is 55.6 Å². The van der Waals surface area contributed by atoms with Crippen LogP contribution in [0.4, 0.5) is 0 Å². The van der Waals surface area contributed by atoms with Crippen molar-refractivity contribution in [2.24, 2.45) is 7.05 Å². The molecule has 124 valence electrons. The van der Waals surface area contributed by atoms with Gasteiger partial charge in [0.05, 0.1) is 18.3 Å². The number of para-hydroxylation sites is 1. The van der Waals surface area contributed by atoms with Gasteiger partial charge in [-0.05, 0) is 36.4 Å². The lowest BCUT2D eigenvalue weighted by Crippen LogP contribution is -2.03. The SMILES string of the molecule is COc1ccc(-c2nc(C(=O)O)cc3c4ccccc4n(C)c23)cc1. The predicted molar refractivity (Wildman–Crippen MR) is 97.2 cm³/mol. The first-order chi connectivity index (χ1) is 12.1. The molecule has 5 nitrogen and oxygen atoms in total. The maximum Gasteiger partial charge on any atom is 0.354 e. The van der Waals surface area contributed by atoms with Gasteiger partial charge in [-0.3, -0.25) is 0 Å². The van der Waals surface area contributed by atoms with Gasteiger partial charge in [-0.2, -0.15) is 0 Å². The van der Waals surface area contributed by atoms with Crippen LogP contribution in [-0.2, 0) is 7.05 Å². The van der Waals surface area contributed by atoms with Crippen molar-refractivity contribution in [2.45, 2.75) is 0 Å². The first-order valence-electron chi connectivity index (χ1n) is 7.86. The van der Waals surface area contributed by atoms with E-state index in [4.69, 9.17) is 4.74 Å². The first kappa shape index (κ1) is 15.2. The fourth-order valence-corrected chi connectivity index (χ4v) is 3.26. The number of pyridine rings is 1. The number of benzene rings is 2. The summed E-state index contributed by atoms with van der Waals surface area (Å²) in [6.45, 7) is 0. The number of carboxylic acids is 1. The number of ether oxygens (including phenoxy) is 1. The van der Waals surface area contributed by atoms with Crippen molar-refractivity contribution in [1.29, 1.82) is 0 Å². The number of carboxylic acid groups (broad SMARTS) is 1. The summed E-state index contributed by atoms with van der Waals surface area (Å²) < 4.78 is 7.26. The third kappa shape index (κ3) is 2.32. The van der Waals surface area contributed by atoms with E-state index in [1.54, 1.807) is 13.2 Å². The molecule has 0 aliphatic heterocycles. The van der Waals surface area contributed by atoms with Crippen molar-refractivity contribution in [3.63, 3.8) is 0 Å². The lowest BCUT2D eigenvalue weighted by atomic mass is 10.1. The Labute approximate surface area is 144 Å². The van der Waals surface area contributed by atoms with Gasteiger partial charge < -0.3 is 14.4 Å². The van der Waals surface area contributed by atoms with Crippen LogP contribution in [0, 0.1) is 0 Å². The van der Waals surface area contributed by atoms with Crippen molar-refractivity contribution in [3.8, 4) is 17.0 Å². The van der Waals surface area contributed by atoms with Gasteiger partial charge in [0.2, 0.25) is 0 Å². The number of rotatable bonds is 3. The van der Waals surface area contributed by atoms with Gasteiger partial charge in [0, 0.05) is 28.9 Å². The maximum atomic E-state index is 11.6. The summed E-state index contributed by atoms with van der Waals surface area (Å²) in [5, 5.41) is 11.4. The molecule has 0 aliphatic carbocycles. The number of aryl methyl sites for hydroxylation is 1. The minimum Gasteiger partial charge on any atom is -0.497 e. The Morgan fingerprint density at radius 3 is 2.48 bits per heavy atom. The van der Waals surface area contributed by atoms with E-state index >= 15 is 0 Å². The maximum absolute atomic E-state index is 11.6. The van der Waals surface area contributed by atoms with E-state index in [1.165, 1.54) is 0 Å². The molecule has 0 unspecified atom stereocenters. The standard InChI is InChI=1S/C20H16N2O3/c1-22-17-6-4-3-5-14(17)15-11-16(20(23)24)21-18(19(15)22)12-7-9-13(25-2)10-8-12/h3-11H,1-2H3,(H,23,24). The molecule has 2 aromatic heterocycles. The normalized spacial score (nSPS) is 11.1. The second kappa shape index (κ2) is 5.63. The summed E-state index contributed by atoms with van der Waals surface area (Å²) in [6, 6.07) is 17.1. The Morgan fingerprint density at radius 1 is 1.08 bits per heavy atom. The number of fused-ring (bicyclic) bond motifs is 3. The highest BCUT2D eigenvalue weighted by atomic mass is 16.5. The third-order valence-corrected chi connectivity index (χ3v) is 4.47. The van der Waals surface area contributed by atoms with E-state index in [-0.39, 0.29) is 5.69 Å². The molecule has 0 atom stereocenters. The Balaban J connectivity index is 2.12. The highest BCUT2D eigenvalue weighted by molar-refractivity contribution is 6.13. The fraction of sp³-hybridized carbons (Fsp3) is 0.100. The molecule has 0 aliphatic rings. The molecule has 1 N–H and O–H groups in total. The summed E-state index contributed by atoms with van der Waals surface area (Å²) in [4.78, 5) is 16.0. The van der Waals surface area contributed by atoms with Crippen molar-refractivity contribution < 1.29 is 14.6 Å². The number of carbonyl (C=O) groups is 1. The van der Waals surface area contributed by atoms with Gasteiger partial charge in [0.1, 0.15) is 11.4 Å². The largest absolute Gasteiger partial charge is 0.497 e. The minimum atomic E-state index is -1.04. The number of methoxy groups -OCH3 is 1. The number of aromatic nitrogens is 2. The number of nitrogens with zero attached hydrogens (tertiary/aromatic N) is 2. The average molecular weight is 332 g/mol. The number of hydrogen-bond acceptors (Lipinski definition) is 3. The quantitative estimate of drug-likeness (QED) is 0.613. The summed E-state index contributed by atoms with van der Waals surface area (Å²) in [5.41, 5.74) is 3.48. The summed E-state index contributed by atoms with van der Waals surface area (Å²) in [7, 11) is 3.58. The molecule has 0 bridgehead atoms. The van der Waals surface area contributed by atoms with Crippen LogP contribution >= 0.6 is 0 Å². The molecule has 5 heteroatoms. The van der Waals surface area contributed by atoms with Gasteiger partial charge in [-0.1, -0.05) is 18.2 Å². The fourth-order valence-electron chi connectivity index (χ4n) is 3.26. The van der Waals surface area contributed by atoms with Crippen molar-refractivity contribution in [3.05, 3.63) is 60.3 Å². The van der Waals surface area contributed by atoms with Crippen LogP contribution in [0.2, 0.25) is 0 Å². The monoisotopic (exact) mass is 332 g/mol. The number of hydrogen-bond donors (Lipinski definition) is 1. The Hall–Kier alpha value is -3.34. The smallest absolute Gasteiger partial charge is 0.354 e. The molecule has 25 heavy (non-hydrogen) atoms. The first-order valence-corrected chi connectivity index (χ1v) is 7.86. The van der Waals surface area contributed by atoms with Crippen molar-refractivity contribution >= 4 is 27.8 Å². The molecule has 0 fully saturated rings. The second-order valence-corrected chi connectivity index (χ2v) is 5.86. The topological polar surface area (TPSA) is 64.3 Å². The lowest BCUT2D eigenvalue weighted by Gasteiger charge is -2.08. The predicted octanol–water partition coefficient (Wildman–Crippen LogP) is 4.10. The van der Waals surface area contributed by atoms with E-state index in [9.17, 15) is 9.90 Å². The van der Waals surface area contributed by atoms with Crippen molar-refractivity contribution in [1.82, 2.24) is 9.55 Å². The molecule has 2 heterocycles. The van der Waals surface area contributed by atoms with Crippen LogP contribution < -0.4 is 4.74 Å². The molecule has 0 amide bonds. The number of aromatic carboxylic acids is 1. The van der Waals surface area contributed by atoms with Gasteiger partial charge in [-0.25, -0.2) is 9.78 Å². The Kier molecular flexibility index (Phi) is 3.42. The molecular formula is C20H16N2O3. The Morgan fingerprint density at radius 2 is 1.80 bits per heavy atom. The van der Waals surface area contributed by atoms with E-state index in [0.717, 1.165) is 33.1 Å². The van der Waals surface area contributed by atoms with Crippen LogP contribution in [0.3, 0.4) is 0 Å². The van der Waals surface area contributed by atoms with Gasteiger partial charge in [-0.15, -0.1) is 0 Å². The molecule has 0 saturated carbocycles. The van der Waals surface area contributed by atoms with Crippen LogP contribution in [0.25, 0.3) is 33.1 Å². The average Bonchev–Trinajstić information content (AvgIpc) is 2.94. The molecular weight excluding hydrogens is 316 g/mol. The van der Waals surface area contributed by atoms with Gasteiger partial charge >= 0.3 is 5.97 Å². The summed E-state index contributed by atoms with van der Waals surface area (Å²) in [6.07, 6.45) is 0. The van der Waals surface area contributed by atoms with Crippen LogP contribution in [0.15, 0.2) is 54.6 Å². The molecule has 0 spiro atoms. The minimum absolute atomic E-state index is 0.0367. The molecule has 4 rings (SSSR count). The Bertz CT molecular complexity index is 1110. The summed E-state index contributed by atoms with van der Waals surface area (Å²) >= 11 is 0. The van der Waals surface area contributed by atoms with E-state index < -0.39 is 5.97 Å². The van der Waals surface area contributed by atoms with Crippen molar-refractivity contribution in [2.75, 3.05) is 7.11 Å². The second-order valence-electron chi connectivity index (χ2n) is 5.86. The zero-order chi connectivity index (χ0) is 17.6. The highest BCUT2D eigenvalue weighted by Gasteiger charge is 2.18. The zero-order valence-electron chi connectivity index (χ0n) is 13.9. The van der Waals surface area contributed by atoms with Gasteiger partial charge in [0.25, 0.3) is 0 Å². The molecule has 2 aromatic carbocycles. The van der Waals surface area contributed by atoms with E-state index in [0.29, 0.717) is 5.69 Å². The highest BCUT2D eigenvalue weighted by Crippen LogP contribution is 2.35. The summed E-state index contributed by atoms with van der Waals surface area (Å²) in [5.74, 6) is -0.295. The molecule has 0 radical (unpaired) electrons. The van der Waals surface area contributed by atoms with Crippen LogP contribution in [0.5, 0.6) is 5.75 Å². The molecule has 0 saturated heterocycles. The van der Waals surface area contributed by atoms with Crippen LogP contribution in [0.1, 0.15) is 10.5 Å². The van der Waals surface area contributed by atoms with E-state index in [2.05, 4.69) is 9.55 Å². The van der Waals surface area contributed by atoms with Gasteiger partial charge in [0.15, 0.2) is 0 Å². The zero-order valence-corrected chi connectivity index (χ0v) is 13.9. The lowest BCUT2D eigenvalue weighted by molar-refractivity contribution is 0.0691. The van der Waals surface area contributed by atoms with Crippen LogP contribution in [-0.4, -0.2) is 27.7 Å². The third-order valence-electron chi connectivity index (χ3n) is 4.47. The molecule has 4 aromatic rings.